The third kappa shape index (κ3) is 7.46. The second kappa shape index (κ2) is 10.5. The van der Waals surface area contributed by atoms with Crippen molar-refractivity contribution in [2.75, 3.05) is 17.2 Å². The SMILES string of the molecule is CC(C)[C@@H](NC(=O)OC(C)(C)C)C(=O)NNC(=O)SCC(=O)N1CCc2ccccc21. The molecule has 1 aromatic rings. The molecular weight excluding hydrogens is 420 g/mol. The third-order valence-corrected chi connectivity index (χ3v) is 5.18. The molecule has 170 valence electrons. The van der Waals surface area contributed by atoms with Crippen molar-refractivity contribution in [3.8, 4) is 0 Å². The number of rotatable bonds is 5. The minimum Gasteiger partial charge on any atom is -0.444 e. The minimum atomic E-state index is -0.900. The van der Waals surface area contributed by atoms with Crippen LogP contribution in [0.4, 0.5) is 15.3 Å². The fourth-order valence-corrected chi connectivity index (χ4v) is 3.53. The van der Waals surface area contributed by atoms with Gasteiger partial charge in [0.15, 0.2) is 0 Å². The van der Waals surface area contributed by atoms with Gasteiger partial charge in [0.05, 0.1) is 5.75 Å². The fraction of sp³-hybridized carbons (Fsp3) is 0.524. The minimum absolute atomic E-state index is 0.0557. The zero-order valence-corrected chi connectivity index (χ0v) is 19.3. The topological polar surface area (TPSA) is 117 Å². The molecule has 0 fully saturated rings. The monoisotopic (exact) mass is 450 g/mol. The standard InChI is InChI=1S/C21H30N4O5S/c1-13(2)17(22-19(28)30-21(3,4)5)18(27)23-24-20(29)31-12-16(26)25-11-10-14-8-6-7-9-15(14)25/h6-9,13,17H,10-12H2,1-5H3,(H,22,28)(H,23,27)(H,24,29)/t17-/m1/s1. The normalized spacial score (nSPS) is 13.9. The molecule has 3 N–H and O–H groups in total. The summed E-state index contributed by atoms with van der Waals surface area (Å²) in [4.78, 5) is 50.5. The van der Waals surface area contributed by atoms with Crippen molar-refractivity contribution in [3.05, 3.63) is 29.8 Å². The van der Waals surface area contributed by atoms with Crippen LogP contribution in [-0.4, -0.2) is 47.1 Å². The maximum Gasteiger partial charge on any atom is 0.408 e. The van der Waals surface area contributed by atoms with E-state index in [0.29, 0.717) is 6.54 Å². The Labute approximate surface area is 186 Å². The van der Waals surface area contributed by atoms with Gasteiger partial charge in [-0.1, -0.05) is 43.8 Å². The molecule has 0 aromatic heterocycles. The molecule has 0 saturated carbocycles. The number of anilines is 1. The number of fused-ring (bicyclic) bond motifs is 1. The van der Waals surface area contributed by atoms with E-state index in [1.807, 2.05) is 24.3 Å². The number of thioether (sulfide) groups is 1. The molecule has 0 spiro atoms. The van der Waals surface area contributed by atoms with Gasteiger partial charge in [0, 0.05) is 12.2 Å². The number of para-hydroxylation sites is 1. The van der Waals surface area contributed by atoms with Crippen LogP contribution < -0.4 is 21.1 Å². The highest BCUT2D eigenvalue weighted by Gasteiger charge is 2.28. The molecule has 2 rings (SSSR count). The van der Waals surface area contributed by atoms with Crippen molar-refractivity contribution in [1.29, 1.82) is 0 Å². The number of nitrogens with one attached hydrogen (secondary N) is 3. The number of alkyl carbamates (subject to hydrolysis) is 1. The number of benzene rings is 1. The van der Waals surface area contributed by atoms with Crippen LogP contribution in [0.2, 0.25) is 0 Å². The van der Waals surface area contributed by atoms with Crippen molar-refractivity contribution in [3.63, 3.8) is 0 Å². The summed E-state index contributed by atoms with van der Waals surface area (Å²) >= 11 is 0.762. The smallest absolute Gasteiger partial charge is 0.408 e. The first-order valence-electron chi connectivity index (χ1n) is 10.1. The van der Waals surface area contributed by atoms with Crippen LogP contribution in [0.5, 0.6) is 0 Å². The van der Waals surface area contributed by atoms with E-state index in [-0.39, 0.29) is 17.6 Å². The molecule has 0 aliphatic carbocycles. The number of hydrogen-bond donors (Lipinski definition) is 3. The molecule has 31 heavy (non-hydrogen) atoms. The molecule has 1 aromatic carbocycles. The highest BCUT2D eigenvalue weighted by Crippen LogP contribution is 2.27. The summed E-state index contributed by atoms with van der Waals surface area (Å²) in [5.41, 5.74) is 5.83. The van der Waals surface area contributed by atoms with Crippen LogP contribution in [0.1, 0.15) is 40.2 Å². The number of hydrazine groups is 1. The zero-order valence-electron chi connectivity index (χ0n) is 18.5. The van der Waals surface area contributed by atoms with E-state index in [4.69, 9.17) is 4.74 Å². The van der Waals surface area contributed by atoms with E-state index in [0.717, 1.165) is 29.4 Å². The van der Waals surface area contributed by atoms with Gasteiger partial charge >= 0.3 is 6.09 Å². The molecule has 9 nitrogen and oxygen atoms in total. The molecule has 1 heterocycles. The summed E-state index contributed by atoms with van der Waals surface area (Å²) in [6.07, 6.45) is 0.0642. The second-order valence-electron chi connectivity index (χ2n) is 8.48. The van der Waals surface area contributed by atoms with Gasteiger partial charge in [-0.3, -0.25) is 25.2 Å². The number of hydrogen-bond acceptors (Lipinski definition) is 6. The van der Waals surface area contributed by atoms with Gasteiger partial charge in [-0.2, -0.15) is 0 Å². The Morgan fingerprint density at radius 2 is 1.81 bits per heavy atom. The summed E-state index contributed by atoms with van der Waals surface area (Å²) < 4.78 is 5.17. The Balaban J connectivity index is 1.79. The Hall–Kier alpha value is -2.75. The third-order valence-electron chi connectivity index (χ3n) is 4.42. The van der Waals surface area contributed by atoms with E-state index in [1.54, 1.807) is 39.5 Å². The molecule has 4 amide bonds. The summed E-state index contributed by atoms with van der Waals surface area (Å²) in [6.45, 7) is 9.25. The maximum atomic E-state index is 12.5. The van der Waals surface area contributed by atoms with Gasteiger partial charge in [-0.25, -0.2) is 4.79 Å². The van der Waals surface area contributed by atoms with Crippen molar-refractivity contribution < 1.29 is 23.9 Å². The molecule has 0 unspecified atom stereocenters. The lowest BCUT2D eigenvalue weighted by molar-refractivity contribution is -0.124. The largest absolute Gasteiger partial charge is 0.444 e. The number of nitrogens with zero attached hydrogens (tertiary/aromatic N) is 1. The molecule has 0 saturated heterocycles. The lowest BCUT2D eigenvalue weighted by atomic mass is 10.0. The van der Waals surface area contributed by atoms with Crippen molar-refractivity contribution >= 4 is 40.6 Å². The van der Waals surface area contributed by atoms with Crippen LogP contribution in [0.25, 0.3) is 0 Å². The van der Waals surface area contributed by atoms with E-state index in [2.05, 4.69) is 16.2 Å². The van der Waals surface area contributed by atoms with E-state index >= 15 is 0 Å². The van der Waals surface area contributed by atoms with Crippen LogP contribution in [0.3, 0.4) is 0 Å². The summed E-state index contributed by atoms with van der Waals surface area (Å²) in [5, 5.41) is 1.93. The summed E-state index contributed by atoms with van der Waals surface area (Å²) in [5.74, 6) is -1.06. The van der Waals surface area contributed by atoms with Crippen molar-refractivity contribution in [2.45, 2.75) is 52.7 Å². The quantitative estimate of drug-likeness (QED) is 0.594. The van der Waals surface area contributed by atoms with Crippen LogP contribution >= 0.6 is 11.8 Å². The fourth-order valence-electron chi connectivity index (χ4n) is 3.00. The zero-order chi connectivity index (χ0) is 23.2. The Morgan fingerprint density at radius 1 is 1.13 bits per heavy atom. The van der Waals surface area contributed by atoms with Crippen LogP contribution in [0.15, 0.2) is 24.3 Å². The lowest BCUT2D eigenvalue weighted by Crippen LogP contribution is -2.54. The average Bonchev–Trinajstić information content (AvgIpc) is 3.11. The molecule has 1 atom stereocenters. The highest BCUT2D eigenvalue weighted by atomic mass is 32.2. The summed E-state index contributed by atoms with van der Waals surface area (Å²) in [6, 6.07) is 6.77. The summed E-state index contributed by atoms with van der Waals surface area (Å²) in [7, 11) is 0. The van der Waals surface area contributed by atoms with Gasteiger partial charge in [0.2, 0.25) is 5.91 Å². The lowest BCUT2D eigenvalue weighted by Gasteiger charge is -2.25. The predicted molar refractivity (Wildman–Crippen MR) is 120 cm³/mol. The van der Waals surface area contributed by atoms with Gasteiger partial charge in [0.25, 0.3) is 11.1 Å². The molecule has 0 radical (unpaired) electrons. The van der Waals surface area contributed by atoms with E-state index in [9.17, 15) is 19.2 Å². The van der Waals surface area contributed by atoms with E-state index < -0.39 is 28.9 Å². The average molecular weight is 451 g/mol. The van der Waals surface area contributed by atoms with Gasteiger partial charge in [-0.05, 0) is 44.7 Å². The van der Waals surface area contributed by atoms with Crippen LogP contribution in [-0.2, 0) is 20.7 Å². The number of carbonyl (C=O) groups excluding carboxylic acids is 4. The van der Waals surface area contributed by atoms with Crippen LogP contribution in [0, 0.1) is 5.92 Å². The van der Waals surface area contributed by atoms with Crippen molar-refractivity contribution in [1.82, 2.24) is 16.2 Å². The van der Waals surface area contributed by atoms with Gasteiger partial charge in [-0.15, -0.1) is 0 Å². The van der Waals surface area contributed by atoms with Gasteiger partial charge < -0.3 is 15.0 Å². The maximum absolute atomic E-state index is 12.5. The molecule has 10 heteroatoms. The Kier molecular flexibility index (Phi) is 8.32. The molecule has 1 aliphatic heterocycles. The number of carbonyl (C=O) groups is 4. The molecular formula is C21H30N4O5S. The first kappa shape index (κ1) is 24.5. The second-order valence-corrected chi connectivity index (χ2v) is 9.43. The van der Waals surface area contributed by atoms with Gasteiger partial charge in [0.1, 0.15) is 11.6 Å². The first-order valence-corrected chi connectivity index (χ1v) is 11.1. The Bertz CT molecular complexity index is 837. The molecule has 1 aliphatic rings. The highest BCUT2D eigenvalue weighted by molar-refractivity contribution is 8.14. The Morgan fingerprint density at radius 3 is 2.45 bits per heavy atom. The van der Waals surface area contributed by atoms with Crippen molar-refractivity contribution in [2.24, 2.45) is 5.92 Å². The molecule has 0 bridgehead atoms. The first-order chi connectivity index (χ1) is 14.5. The predicted octanol–water partition coefficient (Wildman–Crippen LogP) is 2.60. The number of amides is 4. The van der Waals surface area contributed by atoms with E-state index in [1.165, 1.54) is 0 Å². The number of ether oxygens (including phenoxy) is 1.